The average Bonchev–Trinajstić information content (AvgIpc) is 3.33. The molecule has 0 heterocycles. The van der Waals surface area contributed by atoms with Crippen LogP contribution in [-0.2, 0) is 0 Å². The highest BCUT2D eigenvalue weighted by molar-refractivity contribution is 7.43. The number of para-hydroxylation sites is 1. The first-order valence-electron chi connectivity index (χ1n) is 20.4. The third kappa shape index (κ3) is 12.0. The van der Waals surface area contributed by atoms with Crippen LogP contribution in [0.15, 0.2) is 115 Å². The molecule has 0 N–H and O–H groups in total. The van der Waals surface area contributed by atoms with Crippen LogP contribution in [0.2, 0.25) is 0 Å². The third-order valence-electron chi connectivity index (χ3n) is 9.87. The molecule has 0 aliphatic heterocycles. The Balaban J connectivity index is 1.45. The van der Waals surface area contributed by atoms with Crippen molar-refractivity contribution in [2.45, 2.75) is 27.7 Å². The minimum Gasteiger partial charge on any atom is -0.497 e. The van der Waals surface area contributed by atoms with E-state index < -0.39 is 23.0 Å². The van der Waals surface area contributed by atoms with Crippen LogP contribution in [0.1, 0.15) is 85.0 Å². The Morgan fingerprint density at radius 3 is 0.824 bits per heavy atom. The van der Waals surface area contributed by atoms with E-state index in [1.807, 2.05) is 0 Å². The summed E-state index contributed by atoms with van der Waals surface area (Å²) < 4.78 is 65.5. The van der Waals surface area contributed by atoms with Crippen LogP contribution >= 0.6 is 17.2 Å². The number of ketones is 5. The predicted octanol–water partition coefficient (Wildman–Crippen LogP) is 11.3. The van der Waals surface area contributed by atoms with E-state index in [1.54, 1.807) is 36.4 Å². The van der Waals surface area contributed by atoms with E-state index in [4.69, 9.17) is 50.8 Å². The van der Waals surface area contributed by atoms with Crippen molar-refractivity contribution in [1.29, 1.82) is 0 Å². The summed E-state index contributed by atoms with van der Waals surface area (Å²) in [5, 5.41) is 0. The molecule has 16 nitrogen and oxygen atoms in total. The van der Waals surface area contributed by atoms with Gasteiger partial charge in [-0.3, -0.25) is 24.0 Å². The first-order chi connectivity index (χ1) is 32.7. The van der Waals surface area contributed by atoms with E-state index in [1.165, 1.54) is 142 Å². The number of methoxy groups -OCH3 is 5. The highest BCUT2D eigenvalue weighted by Gasteiger charge is 2.31. The SMILES string of the molecule is COc1ccc(C(C)=O)c(OP(Oc2cc(OC)ccc2C(C)=O)Oc2ccccc2C(=O)c2ccc(OC)cc2OP(Oc2cc(OC)ccc2C(C)=O)Oc2cc(OC)ccc2C(C)=O)c1. The molecule has 0 saturated heterocycles. The lowest BCUT2D eigenvalue weighted by Crippen LogP contribution is -2.12. The fraction of sp³-hybridized carbons (Fsp3) is 0.180. The number of rotatable bonds is 23. The molecule has 0 unspecified atom stereocenters. The average molecular weight is 965 g/mol. The number of hydrogen-bond donors (Lipinski definition) is 0. The smallest absolute Gasteiger partial charge is 0.497 e. The van der Waals surface area contributed by atoms with Gasteiger partial charge < -0.3 is 50.8 Å². The largest absolute Gasteiger partial charge is 0.530 e. The Morgan fingerprint density at radius 2 is 0.544 bits per heavy atom. The molecule has 0 atom stereocenters. The molecule has 352 valence electrons. The second-order valence-corrected chi connectivity index (χ2v) is 16.3. The molecule has 0 fully saturated rings. The van der Waals surface area contributed by atoms with Gasteiger partial charge in [0.1, 0.15) is 63.2 Å². The van der Waals surface area contributed by atoms with Crippen molar-refractivity contribution in [2.24, 2.45) is 0 Å². The summed E-state index contributed by atoms with van der Waals surface area (Å²) in [4.78, 5) is 66.3. The molecule has 18 heteroatoms. The van der Waals surface area contributed by atoms with Gasteiger partial charge in [0.25, 0.3) is 0 Å². The van der Waals surface area contributed by atoms with Crippen LogP contribution < -0.4 is 50.8 Å². The van der Waals surface area contributed by atoms with Gasteiger partial charge in [0.2, 0.25) is 5.78 Å². The Bertz CT molecular complexity index is 2730. The second kappa shape index (κ2) is 22.7. The lowest BCUT2D eigenvalue weighted by Gasteiger charge is -2.23. The van der Waals surface area contributed by atoms with E-state index in [0.29, 0.717) is 23.0 Å². The van der Waals surface area contributed by atoms with Crippen LogP contribution in [0.25, 0.3) is 0 Å². The zero-order valence-electron chi connectivity index (χ0n) is 38.4. The molecule has 0 radical (unpaired) electrons. The lowest BCUT2D eigenvalue weighted by molar-refractivity contribution is 0.100. The maximum absolute atomic E-state index is 15.0. The minimum absolute atomic E-state index is 0.0124. The van der Waals surface area contributed by atoms with Crippen molar-refractivity contribution in [1.82, 2.24) is 0 Å². The van der Waals surface area contributed by atoms with Gasteiger partial charge in [-0.05, 0) is 100 Å². The second-order valence-electron chi connectivity index (χ2n) is 14.4. The van der Waals surface area contributed by atoms with Crippen molar-refractivity contribution in [3.05, 3.63) is 149 Å². The van der Waals surface area contributed by atoms with Crippen LogP contribution in [-0.4, -0.2) is 64.5 Å². The van der Waals surface area contributed by atoms with Gasteiger partial charge >= 0.3 is 17.2 Å². The van der Waals surface area contributed by atoms with Crippen LogP contribution in [0, 0.1) is 0 Å². The summed E-state index contributed by atoms with van der Waals surface area (Å²) in [6.45, 7) is 5.42. The van der Waals surface area contributed by atoms with Crippen LogP contribution in [0.3, 0.4) is 0 Å². The molecular weight excluding hydrogens is 918 g/mol. The predicted molar refractivity (Wildman–Crippen MR) is 252 cm³/mol. The summed E-state index contributed by atoms with van der Waals surface area (Å²) in [6.07, 6.45) is 0. The van der Waals surface area contributed by atoms with Gasteiger partial charge in [0.05, 0.1) is 68.9 Å². The van der Waals surface area contributed by atoms with E-state index in [-0.39, 0.29) is 96.8 Å². The van der Waals surface area contributed by atoms with E-state index in [0.717, 1.165) is 0 Å². The van der Waals surface area contributed by atoms with E-state index in [9.17, 15) is 24.0 Å². The van der Waals surface area contributed by atoms with Crippen molar-refractivity contribution in [3.8, 4) is 63.2 Å². The minimum atomic E-state index is -2.70. The molecule has 0 aromatic heterocycles. The van der Waals surface area contributed by atoms with Gasteiger partial charge in [-0.15, -0.1) is 0 Å². The van der Waals surface area contributed by atoms with E-state index in [2.05, 4.69) is 0 Å². The molecule has 6 aromatic carbocycles. The molecule has 6 rings (SSSR count). The molecule has 0 spiro atoms. The summed E-state index contributed by atoms with van der Waals surface area (Å²) >= 11 is 0. The lowest BCUT2D eigenvalue weighted by atomic mass is 10.0. The van der Waals surface area contributed by atoms with Crippen LogP contribution in [0.5, 0.6) is 63.2 Å². The maximum atomic E-state index is 15.0. The van der Waals surface area contributed by atoms with Gasteiger partial charge in [-0.1, -0.05) is 12.1 Å². The monoisotopic (exact) mass is 964 g/mol. The fourth-order valence-electron chi connectivity index (χ4n) is 6.35. The highest BCUT2D eigenvalue weighted by atomic mass is 31.2. The summed E-state index contributed by atoms with van der Waals surface area (Å²) in [7, 11) is 1.84. The Morgan fingerprint density at radius 1 is 0.309 bits per heavy atom. The molecule has 0 aliphatic rings. The number of carbonyl (C=O) groups excluding carboxylic acids is 5. The summed E-state index contributed by atoms with van der Waals surface area (Å²) in [6, 6.07) is 29.0. The third-order valence-corrected chi connectivity index (χ3v) is 11.9. The summed E-state index contributed by atoms with van der Waals surface area (Å²) in [5.41, 5.74) is 0.600. The fourth-order valence-corrected chi connectivity index (χ4v) is 8.45. The summed E-state index contributed by atoms with van der Waals surface area (Å²) in [5.74, 6) is -0.374. The standard InChI is InChI=1S/C50H46O16P2/c1-29(51)38-19-14-33(56-5)24-45(38)62-67(63-46-25-34(57-6)15-20-39(46)30(2)52)61-44-13-11-10-12-42(44)50(55)43-23-18-37(60-9)28-49(43)66-68(64-47-26-35(58-7)16-21-40(47)31(3)53)65-48-27-36(59-8)17-22-41(48)32(4)54/h10-28H,1-9H3. The number of hydrogen-bond acceptors (Lipinski definition) is 16. The Kier molecular flexibility index (Phi) is 16.6. The molecule has 0 bridgehead atoms. The normalized spacial score (nSPS) is 10.7. The highest BCUT2D eigenvalue weighted by Crippen LogP contribution is 2.49. The molecule has 0 aliphatic carbocycles. The molecule has 6 aromatic rings. The van der Waals surface area contributed by atoms with Gasteiger partial charge in [-0.2, -0.15) is 0 Å². The van der Waals surface area contributed by atoms with Gasteiger partial charge in [0.15, 0.2) is 23.1 Å². The van der Waals surface area contributed by atoms with E-state index >= 15 is 0 Å². The van der Waals surface area contributed by atoms with Crippen LogP contribution in [0.4, 0.5) is 0 Å². The van der Waals surface area contributed by atoms with Gasteiger partial charge in [-0.25, -0.2) is 0 Å². The zero-order valence-corrected chi connectivity index (χ0v) is 40.2. The zero-order chi connectivity index (χ0) is 49.1. The molecule has 0 amide bonds. The topological polar surface area (TPSA) is 187 Å². The van der Waals surface area contributed by atoms with Crippen molar-refractivity contribution in [3.63, 3.8) is 0 Å². The quantitative estimate of drug-likeness (QED) is 0.0435. The maximum Gasteiger partial charge on any atom is 0.530 e. The van der Waals surface area contributed by atoms with Crippen molar-refractivity contribution < 1.29 is 74.8 Å². The number of Topliss-reactive ketones (excluding diaryl/α,β-unsaturated/α-hetero) is 4. The Hall–Kier alpha value is -7.67. The molecule has 0 saturated carbocycles. The Labute approximate surface area is 394 Å². The number of benzene rings is 6. The van der Waals surface area contributed by atoms with Crippen molar-refractivity contribution in [2.75, 3.05) is 35.5 Å². The number of ether oxygens (including phenoxy) is 5. The van der Waals surface area contributed by atoms with Gasteiger partial charge in [0, 0.05) is 30.3 Å². The molecule has 68 heavy (non-hydrogen) atoms. The molecular formula is C50H46O16P2. The first-order valence-corrected chi connectivity index (χ1v) is 22.6. The van der Waals surface area contributed by atoms with Crippen molar-refractivity contribution >= 4 is 46.1 Å². The first kappa shape index (κ1) is 49.8. The number of carbonyl (C=O) groups is 5.